The topological polar surface area (TPSA) is 67.6 Å². The molecule has 90 valence electrons. The molecule has 3 rings (SSSR count). The average molecular weight is 238 g/mol. The minimum atomic E-state index is 0.634. The van der Waals surface area contributed by atoms with E-state index in [9.17, 15) is 0 Å². The summed E-state index contributed by atoms with van der Waals surface area (Å²) >= 11 is 0. The minimum Gasteiger partial charge on any atom is -0.343 e. The molecule has 0 saturated carbocycles. The van der Waals surface area contributed by atoms with E-state index in [1.165, 1.54) is 0 Å². The number of fused-ring (bicyclic) bond motifs is 1. The Morgan fingerprint density at radius 3 is 2.94 bits per heavy atom. The van der Waals surface area contributed by atoms with Crippen LogP contribution in [0.25, 0.3) is 22.2 Å². The molecule has 0 spiro atoms. The molecule has 4 nitrogen and oxygen atoms in total. The van der Waals surface area contributed by atoms with E-state index < -0.39 is 0 Å². The summed E-state index contributed by atoms with van der Waals surface area (Å²) in [7, 11) is 0. The van der Waals surface area contributed by atoms with Crippen molar-refractivity contribution in [1.82, 2.24) is 15.0 Å². The molecule has 3 heterocycles. The van der Waals surface area contributed by atoms with Gasteiger partial charge in [-0.25, -0.2) is 4.98 Å². The van der Waals surface area contributed by atoms with Crippen molar-refractivity contribution in [2.45, 2.75) is 6.42 Å². The van der Waals surface area contributed by atoms with Crippen molar-refractivity contribution in [2.24, 2.45) is 5.73 Å². The molecule has 3 aromatic rings. The molecule has 0 bridgehead atoms. The summed E-state index contributed by atoms with van der Waals surface area (Å²) in [6.07, 6.45) is 6.29. The van der Waals surface area contributed by atoms with Crippen LogP contribution in [-0.4, -0.2) is 21.5 Å². The second kappa shape index (κ2) is 4.58. The lowest BCUT2D eigenvalue weighted by Crippen LogP contribution is -2.02. The van der Waals surface area contributed by atoms with E-state index in [0.29, 0.717) is 6.54 Å². The molecule has 0 aliphatic rings. The highest BCUT2D eigenvalue weighted by molar-refractivity contribution is 5.93. The van der Waals surface area contributed by atoms with Crippen molar-refractivity contribution in [3.63, 3.8) is 0 Å². The lowest BCUT2D eigenvalue weighted by atomic mass is 10.1. The van der Waals surface area contributed by atoms with Gasteiger partial charge in [0.25, 0.3) is 0 Å². The van der Waals surface area contributed by atoms with E-state index in [1.54, 1.807) is 6.20 Å². The van der Waals surface area contributed by atoms with Crippen molar-refractivity contribution >= 4 is 11.0 Å². The number of hydrogen-bond donors (Lipinski definition) is 2. The molecule has 3 N–H and O–H groups in total. The van der Waals surface area contributed by atoms with Gasteiger partial charge in [0.05, 0.1) is 0 Å². The van der Waals surface area contributed by atoms with Gasteiger partial charge in [-0.3, -0.25) is 4.98 Å². The van der Waals surface area contributed by atoms with Crippen molar-refractivity contribution in [3.05, 3.63) is 48.5 Å². The number of hydrogen-bond acceptors (Lipinski definition) is 3. The van der Waals surface area contributed by atoms with Gasteiger partial charge in [0.1, 0.15) is 5.65 Å². The third-order valence-corrected chi connectivity index (χ3v) is 2.97. The van der Waals surface area contributed by atoms with Crippen LogP contribution in [0.15, 0.2) is 42.9 Å². The molecule has 0 saturated heterocycles. The van der Waals surface area contributed by atoms with Gasteiger partial charge >= 0.3 is 0 Å². The minimum absolute atomic E-state index is 0.634. The van der Waals surface area contributed by atoms with Crippen LogP contribution in [0.5, 0.6) is 0 Å². The maximum absolute atomic E-state index is 5.58. The first-order valence-corrected chi connectivity index (χ1v) is 5.95. The maximum atomic E-state index is 5.58. The van der Waals surface area contributed by atoms with Crippen LogP contribution in [-0.2, 0) is 6.42 Å². The first-order valence-electron chi connectivity index (χ1n) is 5.95. The molecular formula is C14H14N4. The molecular weight excluding hydrogens is 224 g/mol. The molecule has 0 amide bonds. The van der Waals surface area contributed by atoms with Crippen LogP contribution in [0, 0.1) is 0 Å². The van der Waals surface area contributed by atoms with Crippen LogP contribution in [0.2, 0.25) is 0 Å². The average Bonchev–Trinajstić information content (AvgIpc) is 2.82. The summed E-state index contributed by atoms with van der Waals surface area (Å²) in [4.78, 5) is 11.8. The molecule has 0 aromatic carbocycles. The number of nitrogens with zero attached hydrogens (tertiary/aromatic N) is 2. The fourth-order valence-electron chi connectivity index (χ4n) is 2.15. The largest absolute Gasteiger partial charge is 0.343 e. The van der Waals surface area contributed by atoms with E-state index in [2.05, 4.69) is 27.1 Å². The van der Waals surface area contributed by atoms with E-state index in [4.69, 9.17) is 5.73 Å². The fraction of sp³-hybridized carbons (Fsp3) is 0.143. The van der Waals surface area contributed by atoms with Gasteiger partial charge in [0.2, 0.25) is 0 Å². The number of aromatic nitrogens is 3. The molecule has 0 unspecified atom stereocenters. The SMILES string of the molecule is NCCc1cc2c(-c3cccnc3)ccnc2[nH]1. The van der Waals surface area contributed by atoms with E-state index >= 15 is 0 Å². The van der Waals surface area contributed by atoms with Crippen LogP contribution in [0.1, 0.15) is 5.69 Å². The Hall–Kier alpha value is -2.20. The van der Waals surface area contributed by atoms with Gasteiger partial charge in [0, 0.05) is 35.2 Å². The lowest BCUT2D eigenvalue weighted by molar-refractivity contribution is 0.938. The van der Waals surface area contributed by atoms with Gasteiger partial charge in [-0.2, -0.15) is 0 Å². The zero-order valence-corrected chi connectivity index (χ0v) is 9.93. The first-order chi connectivity index (χ1) is 8.88. The van der Waals surface area contributed by atoms with Crippen LogP contribution >= 0.6 is 0 Å². The number of nitrogens with one attached hydrogen (secondary N) is 1. The second-order valence-corrected chi connectivity index (χ2v) is 4.20. The molecule has 0 radical (unpaired) electrons. The van der Waals surface area contributed by atoms with E-state index in [0.717, 1.165) is 34.3 Å². The molecule has 3 aromatic heterocycles. The quantitative estimate of drug-likeness (QED) is 0.734. The van der Waals surface area contributed by atoms with Gasteiger partial charge in [-0.05, 0) is 36.7 Å². The zero-order valence-electron chi connectivity index (χ0n) is 9.93. The summed E-state index contributed by atoms with van der Waals surface area (Å²) in [5.74, 6) is 0. The Labute approximate surface area is 105 Å². The number of H-pyrrole nitrogens is 1. The Balaban J connectivity index is 2.17. The summed E-state index contributed by atoms with van der Waals surface area (Å²) in [6.45, 7) is 0.634. The Morgan fingerprint density at radius 1 is 1.22 bits per heavy atom. The molecule has 0 fully saturated rings. The van der Waals surface area contributed by atoms with Crippen LogP contribution in [0.4, 0.5) is 0 Å². The van der Waals surface area contributed by atoms with Crippen molar-refractivity contribution < 1.29 is 0 Å². The Morgan fingerprint density at radius 2 is 2.17 bits per heavy atom. The molecule has 0 aliphatic carbocycles. The summed E-state index contributed by atoms with van der Waals surface area (Å²) in [6, 6.07) is 8.13. The number of rotatable bonds is 3. The second-order valence-electron chi connectivity index (χ2n) is 4.20. The predicted octanol–water partition coefficient (Wildman–Crippen LogP) is 2.13. The first kappa shape index (κ1) is 10.9. The smallest absolute Gasteiger partial charge is 0.138 e. The summed E-state index contributed by atoms with van der Waals surface area (Å²) in [5.41, 5.74) is 9.85. The Bertz CT molecular complexity index is 658. The van der Waals surface area contributed by atoms with Crippen molar-refractivity contribution in [1.29, 1.82) is 0 Å². The highest BCUT2D eigenvalue weighted by atomic mass is 14.9. The predicted molar refractivity (Wildman–Crippen MR) is 72.1 cm³/mol. The monoisotopic (exact) mass is 238 g/mol. The van der Waals surface area contributed by atoms with E-state index in [1.807, 2.05) is 24.5 Å². The van der Waals surface area contributed by atoms with Crippen molar-refractivity contribution in [3.8, 4) is 11.1 Å². The van der Waals surface area contributed by atoms with E-state index in [-0.39, 0.29) is 0 Å². The summed E-state index contributed by atoms with van der Waals surface area (Å²) < 4.78 is 0. The van der Waals surface area contributed by atoms with Gasteiger partial charge in [-0.1, -0.05) is 6.07 Å². The van der Waals surface area contributed by atoms with Crippen LogP contribution in [0.3, 0.4) is 0 Å². The highest BCUT2D eigenvalue weighted by Crippen LogP contribution is 2.27. The number of aromatic amines is 1. The van der Waals surface area contributed by atoms with Crippen molar-refractivity contribution in [2.75, 3.05) is 6.54 Å². The number of pyridine rings is 2. The third kappa shape index (κ3) is 1.87. The van der Waals surface area contributed by atoms with Gasteiger partial charge in [0.15, 0.2) is 0 Å². The maximum Gasteiger partial charge on any atom is 0.138 e. The zero-order chi connectivity index (χ0) is 12.4. The van der Waals surface area contributed by atoms with Gasteiger partial charge in [-0.15, -0.1) is 0 Å². The Kier molecular flexibility index (Phi) is 2.78. The molecule has 0 atom stereocenters. The lowest BCUT2D eigenvalue weighted by Gasteiger charge is -2.01. The normalized spacial score (nSPS) is 10.9. The molecule has 0 aliphatic heterocycles. The number of nitrogens with two attached hydrogens (primary N) is 1. The fourth-order valence-corrected chi connectivity index (χ4v) is 2.15. The standard InChI is InChI=1S/C14H14N4/c15-5-3-11-8-13-12(4-7-17-14(13)18-11)10-2-1-6-16-9-10/h1-2,4,6-9H,3,5,15H2,(H,17,18). The third-order valence-electron chi connectivity index (χ3n) is 2.97. The summed E-state index contributed by atoms with van der Waals surface area (Å²) in [5, 5.41) is 1.12. The molecule has 18 heavy (non-hydrogen) atoms. The van der Waals surface area contributed by atoms with Gasteiger partial charge < -0.3 is 10.7 Å². The van der Waals surface area contributed by atoms with Crippen LogP contribution < -0.4 is 5.73 Å². The molecule has 4 heteroatoms. The highest BCUT2D eigenvalue weighted by Gasteiger charge is 2.07.